The van der Waals surface area contributed by atoms with Gasteiger partial charge in [-0.25, -0.2) is 0 Å². The second-order valence-corrected chi connectivity index (χ2v) is 5.01. The van der Waals surface area contributed by atoms with Crippen LogP contribution >= 0.6 is 15.9 Å². The Morgan fingerprint density at radius 2 is 2.44 bits per heavy atom. The first-order valence-electron chi connectivity index (χ1n) is 5.07. The predicted octanol–water partition coefficient (Wildman–Crippen LogP) is 2.12. The number of carbonyl (C=O) groups is 1. The molecule has 2 rings (SSSR count). The smallest absolute Gasteiger partial charge is 0.129 e. The van der Waals surface area contributed by atoms with Crippen molar-refractivity contribution in [1.82, 2.24) is 0 Å². The van der Waals surface area contributed by atoms with Crippen molar-refractivity contribution in [3.05, 3.63) is 28.2 Å². The van der Waals surface area contributed by atoms with Crippen LogP contribution in [0.4, 0.5) is 0 Å². The molecule has 2 atom stereocenters. The Morgan fingerprint density at radius 3 is 2.94 bits per heavy atom. The van der Waals surface area contributed by atoms with E-state index in [0.717, 1.165) is 22.1 Å². The minimum absolute atomic E-state index is 0.0924. The summed E-state index contributed by atoms with van der Waals surface area (Å²) in [7, 11) is 1.61. The van der Waals surface area contributed by atoms with Gasteiger partial charge in [0, 0.05) is 10.4 Å². The predicted molar refractivity (Wildman–Crippen MR) is 63.6 cm³/mol. The second-order valence-electron chi connectivity index (χ2n) is 4.15. The molecule has 1 aromatic rings. The number of hydrogen-bond donors (Lipinski definition) is 1. The van der Waals surface area contributed by atoms with E-state index in [1.807, 2.05) is 18.2 Å². The van der Waals surface area contributed by atoms with Crippen LogP contribution in [-0.2, 0) is 4.79 Å². The van der Waals surface area contributed by atoms with E-state index >= 15 is 0 Å². The zero-order chi connectivity index (χ0) is 11.8. The van der Waals surface area contributed by atoms with Crippen molar-refractivity contribution < 1.29 is 14.6 Å². The molecule has 4 heteroatoms. The standard InChI is InChI=1S/C12H13BrO3/c1-16-8-2-3-11(13)9(4-8)10-5-12(10,6-14)7-15/h2-4,6,10,15H,5,7H2,1H3. The topological polar surface area (TPSA) is 46.5 Å². The van der Waals surface area contributed by atoms with Gasteiger partial charge in [-0.05, 0) is 30.2 Å². The van der Waals surface area contributed by atoms with Gasteiger partial charge in [-0.3, -0.25) is 0 Å². The second kappa shape index (κ2) is 4.18. The maximum absolute atomic E-state index is 11.0. The van der Waals surface area contributed by atoms with E-state index in [9.17, 15) is 9.90 Å². The van der Waals surface area contributed by atoms with Crippen LogP contribution in [-0.4, -0.2) is 25.1 Å². The highest BCUT2D eigenvalue weighted by Crippen LogP contribution is 2.59. The van der Waals surface area contributed by atoms with Crippen molar-refractivity contribution in [1.29, 1.82) is 0 Å². The molecule has 0 bridgehead atoms. The summed E-state index contributed by atoms with van der Waals surface area (Å²) in [5.41, 5.74) is 0.454. The van der Waals surface area contributed by atoms with Gasteiger partial charge in [0.05, 0.1) is 19.1 Å². The lowest BCUT2D eigenvalue weighted by Crippen LogP contribution is -2.10. The molecule has 16 heavy (non-hydrogen) atoms. The van der Waals surface area contributed by atoms with E-state index in [1.165, 1.54) is 0 Å². The maximum atomic E-state index is 11.0. The summed E-state index contributed by atoms with van der Waals surface area (Å²) in [5, 5.41) is 9.23. The lowest BCUT2D eigenvalue weighted by Gasteiger charge is -2.09. The Morgan fingerprint density at radius 1 is 1.69 bits per heavy atom. The molecule has 0 aliphatic heterocycles. The third-order valence-corrected chi connectivity index (χ3v) is 3.95. The monoisotopic (exact) mass is 284 g/mol. The van der Waals surface area contributed by atoms with E-state index < -0.39 is 5.41 Å². The molecule has 0 aromatic heterocycles. The van der Waals surface area contributed by atoms with E-state index in [1.54, 1.807) is 7.11 Å². The van der Waals surface area contributed by atoms with Crippen molar-refractivity contribution in [3.63, 3.8) is 0 Å². The van der Waals surface area contributed by atoms with Crippen LogP contribution in [0.5, 0.6) is 5.75 Å². The van der Waals surface area contributed by atoms with Crippen LogP contribution in [0.1, 0.15) is 17.9 Å². The van der Waals surface area contributed by atoms with Crippen molar-refractivity contribution in [3.8, 4) is 5.75 Å². The van der Waals surface area contributed by atoms with Gasteiger partial charge in [-0.1, -0.05) is 15.9 Å². The fraction of sp³-hybridized carbons (Fsp3) is 0.417. The van der Waals surface area contributed by atoms with Crippen LogP contribution in [0.15, 0.2) is 22.7 Å². The highest BCUT2D eigenvalue weighted by Gasteiger charge is 2.55. The zero-order valence-electron chi connectivity index (χ0n) is 8.94. The first kappa shape index (κ1) is 11.6. The molecule has 0 radical (unpaired) electrons. The van der Waals surface area contributed by atoms with Gasteiger partial charge >= 0.3 is 0 Å². The van der Waals surface area contributed by atoms with Crippen molar-refractivity contribution in [2.24, 2.45) is 5.41 Å². The molecule has 1 saturated carbocycles. The molecular weight excluding hydrogens is 272 g/mol. The fourth-order valence-corrected chi connectivity index (χ4v) is 2.52. The van der Waals surface area contributed by atoms with Gasteiger partial charge in [0.1, 0.15) is 12.0 Å². The Hall–Kier alpha value is -0.870. The van der Waals surface area contributed by atoms with E-state index in [0.29, 0.717) is 6.42 Å². The van der Waals surface area contributed by atoms with Crippen LogP contribution in [0, 0.1) is 5.41 Å². The molecule has 1 fully saturated rings. The van der Waals surface area contributed by atoms with Gasteiger partial charge in [0.15, 0.2) is 0 Å². The van der Waals surface area contributed by atoms with Crippen LogP contribution in [0.25, 0.3) is 0 Å². The molecule has 0 saturated heterocycles. The van der Waals surface area contributed by atoms with E-state index in [2.05, 4.69) is 15.9 Å². The molecule has 0 heterocycles. The first-order chi connectivity index (χ1) is 7.66. The van der Waals surface area contributed by atoms with Crippen molar-refractivity contribution in [2.75, 3.05) is 13.7 Å². The zero-order valence-corrected chi connectivity index (χ0v) is 10.5. The van der Waals surface area contributed by atoms with Gasteiger partial charge in [-0.15, -0.1) is 0 Å². The summed E-state index contributed by atoms with van der Waals surface area (Å²) >= 11 is 3.46. The molecule has 0 amide bonds. The number of hydrogen-bond acceptors (Lipinski definition) is 3. The highest BCUT2D eigenvalue weighted by molar-refractivity contribution is 9.10. The number of halogens is 1. The average molecular weight is 285 g/mol. The molecule has 0 spiro atoms. The number of methoxy groups -OCH3 is 1. The van der Waals surface area contributed by atoms with E-state index in [-0.39, 0.29) is 12.5 Å². The molecule has 2 unspecified atom stereocenters. The molecule has 1 aromatic carbocycles. The summed E-state index contributed by atoms with van der Waals surface area (Å²) in [4.78, 5) is 11.0. The third-order valence-electron chi connectivity index (χ3n) is 3.23. The lowest BCUT2D eigenvalue weighted by atomic mass is 10.0. The average Bonchev–Trinajstić information content (AvgIpc) is 3.05. The number of carbonyl (C=O) groups excluding carboxylic acids is 1. The van der Waals surface area contributed by atoms with Crippen LogP contribution < -0.4 is 4.74 Å². The Bertz CT molecular complexity index is 419. The summed E-state index contributed by atoms with van der Waals surface area (Å²) in [6.07, 6.45) is 1.57. The van der Waals surface area contributed by atoms with E-state index in [4.69, 9.17) is 4.74 Å². The van der Waals surface area contributed by atoms with Gasteiger partial charge in [-0.2, -0.15) is 0 Å². The van der Waals surface area contributed by atoms with Crippen LogP contribution in [0.3, 0.4) is 0 Å². The van der Waals surface area contributed by atoms with Crippen LogP contribution in [0.2, 0.25) is 0 Å². The molecule has 1 aliphatic rings. The Kier molecular flexibility index (Phi) is 3.04. The molecule has 1 aliphatic carbocycles. The molecule has 1 N–H and O–H groups in total. The van der Waals surface area contributed by atoms with Gasteiger partial charge in [0.2, 0.25) is 0 Å². The fourth-order valence-electron chi connectivity index (χ4n) is 2.00. The maximum Gasteiger partial charge on any atom is 0.129 e. The molecular formula is C12H13BrO3. The van der Waals surface area contributed by atoms with Crippen molar-refractivity contribution >= 4 is 22.2 Å². The molecule has 3 nitrogen and oxygen atoms in total. The van der Waals surface area contributed by atoms with Crippen molar-refractivity contribution in [2.45, 2.75) is 12.3 Å². The number of aliphatic hydroxyl groups excluding tert-OH is 1. The number of ether oxygens (including phenoxy) is 1. The Labute approximate surface area is 103 Å². The number of benzene rings is 1. The normalized spacial score (nSPS) is 27.6. The highest BCUT2D eigenvalue weighted by atomic mass is 79.9. The summed E-state index contributed by atoms with van der Waals surface area (Å²) in [6, 6.07) is 5.67. The van der Waals surface area contributed by atoms with Gasteiger partial charge in [0.25, 0.3) is 0 Å². The summed E-state index contributed by atoms with van der Waals surface area (Å²) in [6.45, 7) is -0.0924. The first-order valence-corrected chi connectivity index (χ1v) is 5.87. The number of aldehydes is 1. The largest absolute Gasteiger partial charge is 0.497 e. The summed E-state index contributed by atoms with van der Waals surface area (Å²) in [5.74, 6) is 0.863. The minimum Gasteiger partial charge on any atom is -0.497 e. The Balaban J connectivity index is 2.32. The quantitative estimate of drug-likeness (QED) is 0.862. The third kappa shape index (κ3) is 1.76. The minimum atomic E-state index is -0.575. The lowest BCUT2D eigenvalue weighted by molar-refractivity contribution is -0.113. The number of aliphatic hydroxyl groups is 1. The van der Waals surface area contributed by atoms with Gasteiger partial charge < -0.3 is 14.6 Å². The number of rotatable bonds is 4. The molecule has 86 valence electrons. The SMILES string of the molecule is COc1ccc(Br)c(C2CC2(C=O)CO)c1. The summed E-state index contributed by atoms with van der Waals surface area (Å²) < 4.78 is 6.11.